The molecule has 0 aliphatic rings. The van der Waals surface area contributed by atoms with Crippen LogP contribution in [0.1, 0.15) is 17.1 Å². The first-order valence-electron chi connectivity index (χ1n) is 3.07. The maximum absolute atomic E-state index is 10.9. The van der Waals surface area contributed by atoms with Crippen LogP contribution >= 0.6 is 0 Å². The van der Waals surface area contributed by atoms with Gasteiger partial charge < -0.3 is 4.98 Å². The minimum atomic E-state index is -0.766. The lowest BCUT2D eigenvalue weighted by molar-refractivity contribution is 1.05. The average molecular weight is 171 g/mol. The van der Waals surface area contributed by atoms with E-state index in [4.69, 9.17) is 15.8 Å². The van der Waals surface area contributed by atoms with Gasteiger partial charge in [0, 0.05) is 0 Å². The molecule has 0 amide bonds. The third-order valence-electron chi connectivity index (χ3n) is 1.24. The Bertz CT molecular complexity index is 522. The van der Waals surface area contributed by atoms with Crippen LogP contribution in [0.15, 0.2) is 4.79 Å². The summed E-state index contributed by atoms with van der Waals surface area (Å²) in [5.41, 5.74) is -1.67. The fraction of sp³-hybridized carbons (Fsp3) is 0. The van der Waals surface area contributed by atoms with Gasteiger partial charge in [-0.3, -0.25) is 4.79 Å². The molecule has 0 saturated heterocycles. The molecule has 0 atom stereocenters. The molecule has 1 N–H and O–H groups in total. The highest BCUT2D eigenvalue weighted by Gasteiger charge is 2.08. The highest BCUT2D eigenvalue weighted by molar-refractivity contribution is 5.37. The summed E-state index contributed by atoms with van der Waals surface area (Å²) in [7, 11) is 0. The first-order chi connectivity index (χ1) is 6.22. The molecule has 0 aliphatic carbocycles. The van der Waals surface area contributed by atoms with Gasteiger partial charge in [0.15, 0.2) is 11.4 Å². The van der Waals surface area contributed by atoms with E-state index in [0.717, 1.165) is 0 Å². The molecular formula is C7HN5O. The first kappa shape index (κ1) is 8.45. The third kappa shape index (κ3) is 1.35. The average Bonchev–Trinajstić information content (AvgIpc) is 2.17. The van der Waals surface area contributed by atoms with Crippen LogP contribution < -0.4 is 5.56 Å². The van der Waals surface area contributed by atoms with Gasteiger partial charge >= 0.3 is 0 Å². The SMILES string of the molecule is N#Cc1nc(C#N)c(=O)[nH]c1C#N. The summed E-state index contributed by atoms with van der Waals surface area (Å²) in [4.78, 5) is 16.4. The fourth-order valence-corrected chi connectivity index (χ4v) is 0.688. The molecule has 13 heavy (non-hydrogen) atoms. The van der Waals surface area contributed by atoms with Gasteiger partial charge in [-0.2, -0.15) is 15.8 Å². The number of hydrogen-bond acceptors (Lipinski definition) is 5. The van der Waals surface area contributed by atoms with Crippen molar-refractivity contribution in [3.8, 4) is 18.2 Å². The molecule has 0 fully saturated rings. The minimum absolute atomic E-state index is 0.230. The van der Waals surface area contributed by atoms with Crippen molar-refractivity contribution >= 4 is 0 Å². The molecule has 0 saturated carbocycles. The maximum Gasteiger partial charge on any atom is 0.285 e. The Morgan fingerprint density at radius 2 is 1.69 bits per heavy atom. The van der Waals surface area contributed by atoms with Crippen LogP contribution in [0.25, 0.3) is 0 Å². The lowest BCUT2D eigenvalue weighted by Gasteiger charge is -1.91. The number of H-pyrrole nitrogens is 1. The van der Waals surface area contributed by atoms with Gasteiger partial charge in [-0.15, -0.1) is 0 Å². The van der Waals surface area contributed by atoms with Gasteiger partial charge in [0.2, 0.25) is 5.69 Å². The lowest BCUT2D eigenvalue weighted by Crippen LogP contribution is -2.15. The summed E-state index contributed by atoms with van der Waals surface area (Å²) >= 11 is 0. The highest BCUT2D eigenvalue weighted by atomic mass is 16.1. The topological polar surface area (TPSA) is 117 Å². The molecule has 60 valence electrons. The molecule has 6 heteroatoms. The van der Waals surface area contributed by atoms with E-state index in [1.54, 1.807) is 12.1 Å². The van der Waals surface area contributed by atoms with Crippen molar-refractivity contribution in [2.75, 3.05) is 0 Å². The van der Waals surface area contributed by atoms with Crippen LogP contribution in [-0.2, 0) is 0 Å². The Morgan fingerprint density at radius 1 is 1.08 bits per heavy atom. The lowest BCUT2D eigenvalue weighted by atomic mass is 10.3. The Kier molecular flexibility index (Phi) is 2.06. The Morgan fingerprint density at radius 3 is 2.15 bits per heavy atom. The van der Waals surface area contributed by atoms with Crippen molar-refractivity contribution in [1.82, 2.24) is 9.97 Å². The van der Waals surface area contributed by atoms with E-state index in [1.807, 2.05) is 0 Å². The summed E-state index contributed by atoms with van der Waals surface area (Å²) in [5, 5.41) is 25.3. The number of nitriles is 3. The first-order valence-corrected chi connectivity index (χ1v) is 3.07. The number of aromatic nitrogens is 2. The molecule has 1 aromatic rings. The highest BCUT2D eigenvalue weighted by Crippen LogP contribution is 1.96. The summed E-state index contributed by atoms with van der Waals surface area (Å²) in [5.74, 6) is 0. The molecule has 0 radical (unpaired) electrons. The van der Waals surface area contributed by atoms with Gasteiger partial charge in [0.25, 0.3) is 5.56 Å². The summed E-state index contributed by atoms with van der Waals surface area (Å²) in [6, 6.07) is 4.69. The zero-order chi connectivity index (χ0) is 9.84. The van der Waals surface area contributed by atoms with Gasteiger partial charge in [-0.05, 0) is 0 Å². The van der Waals surface area contributed by atoms with Gasteiger partial charge in [0.1, 0.15) is 18.2 Å². The van der Waals surface area contributed by atoms with E-state index in [0.29, 0.717) is 0 Å². The van der Waals surface area contributed by atoms with Gasteiger partial charge in [-0.25, -0.2) is 4.98 Å². The van der Waals surface area contributed by atoms with E-state index in [9.17, 15) is 4.79 Å². The summed E-state index contributed by atoms with van der Waals surface area (Å²) in [6.07, 6.45) is 0. The normalized spacial score (nSPS) is 8.08. The molecule has 0 unspecified atom stereocenters. The van der Waals surface area contributed by atoms with Crippen LogP contribution in [-0.4, -0.2) is 9.97 Å². The largest absolute Gasteiger partial charge is 0.309 e. The van der Waals surface area contributed by atoms with Crippen molar-refractivity contribution in [2.24, 2.45) is 0 Å². The number of hydrogen-bond donors (Lipinski definition) is 1. The van der Waals surface area contributed by atoms with Crippen molar-refractivity contribution in [1.29, 1.82) is 15.8 Å². The minimum Gasteiger partial charge on any atom is -0.309 e. The van der Waals surface area contributed by atoms with Crippen LogP contribution in [0.5, 0.6) is 0 Å². The number of rotatable bonds is 0. The molecule has 1 heterocycles. The van der Waals surface area contributed by atoms with E-state index in [1.165, 1.54) is 6.07 Å². The summed E-state index contributed by atoms with van der Waals surface area (Å²) < 4.78 is 0. The van der Waals surface area contributed by atoms with Crippen molar-refractivity contribution in [3.63, 3.8) is 0 Å². The molecule has 6 nitrogen and oxygen atoms in total. The zero-order valence-electron chi connectivity index (χ0n) is 6.20. The second-order valence-corrected chi connectivity index (χ2v) is 1.97. The number of aromatic amines is 1. The Hall–Kier alpha value is -2.65. The molecule has 1 aromatic heterocycles. The molecule has 0 spiro atoms. The fourth-order valence-electron chi connectivity index (χ4n) is 0.688. The van der Waals surface area contributed by atoms with E-state index in [-0.39, 0.29) is 11.4 Å². The zero-order valence-corrected chi connectivity index (χ0v) is 6.20. The smallest absolute Gasteiger partial charge is 0.285 e. The number of nitrogens with one attached hydrogen (secondary N) is 1. The van der Waals surface area contributed by atoms with E-state index in [2.05, 4.69) is 9.97 Å². The van der Waals surface area contributed by atoms with E-state index < -0.39 is 11.3 Å². The second kappa shape index (κ2) is 3.17. The predicted molar refractivity (Wildman–Crippen MR) is 39.0 cm³/mol. The van der Waals surface area contributed by atoms with Crippen LogP contribution in [0.2, 0.25) is 0 Å². The monoisotopic (exact) mass is 171 g/mol. The molecule has 0 aromatic carbocycles. The maximum atomic E-state index is 10.9. The Labute approximate surface area is 72.3 Å². The quantitative estimate of drug-likeness (QED) is 0.558. The van der Waals surface area contributed by atoms with Gasteiger partial charge in [-0.1, -0.05) is 0 Å². The molecule has 1 rings (SSSR count). The standard InChI is InChI=1S/C7HN5O/c8-1-4-5(2-9)12-7(13)6(3-10)11-4/h(H,12,13). The van der Waals surface area contributed by atoms with Crippen molar-refractivity contribution < 1.29 is 0 Å². The molecule has 0 bridgehead atoms. The van der Waals surface area contributed by atoms with Crippen molar-refractivity contribution in [3.05, 3.63) is 27.4 Å². The van der Waals surface area contributed by atoms with Crippen LogP contribution in [0, 0.1) is 34.0 Å². The third-order valence-corrected chi connectivity index (χ3v) is 1.24. The molecular weight excluding hydrogens is 170 g/mol. The van der Waals surface area contributed by atoms with E-state index >= 15 is 0 Å². The van der Waals surface area contributed by atoms with Crippen LogP contribution in [0.3, 0.4) is 0 Å². The van der Waals surface area contributed by atoms with Crippen molar-refractivity contribution in [2.45, 2.75) is 0 Å². The Balaban J connectivity index is 3.61. The second-order valence-electron chi connectivity index (χ2n) is 1.97. The predicted octanol–water partition coefficient (Wildman–Crippen LogP) is -0.615. The van der Waals surface area contributed by atoms with Gasteiger partial charge in [0.05, 0.1) is 0 Å². The summed E-state index contributed by atoms with van der Waals surface area (Å²) in [6.45, 7) is 0. The number of nitrogens with zero attached hydrogens (tertiary/aromatic N) is 4. The van der Waals surface area contributed by atoms with Crippen LogP contribution in [0.4, 0.5) is 0 Å². The molecule has 0 aliphatic heterocycles.